The quantitative estimate of drug-likeness (QED) is 0.496. The number of anilines is 2. The van der Waals surface area contributed by atoms with Crippen LogP contribution in [0.2, 0.25) is 0 Å². The summed E-state index contributed by atoms with van der Waals surface area (Å²) in [5.74, 6) is 1.65. The van der Waals surface area contributed by atoms with E-state index in [2.05, 4.69) is 76.1 Å². The van der Waals surface area contributed by atoms with Gasteiger partial charge in [0.15, 0.2) is 0 Å². The predicted octanol–water partition coefficient (Wildman–Crippen LogP) is 4.93. The van der Waals surface area contributed by atoms with E-state index in [0.717, 1.165) is 38.9 Å². The molecule has 0 radical (unpaired) electrons. The highest BCUT2D eigenvalue weighted by atomic mass is 16.1. The van der Waals surface area contributed by atoms with Crippen LogP contribution in [-0.2, 0) is 7.05 Å². The minimum absolute atomic E-state index is 0.0832. The third kappa shape index (κ3) is 4.96. The molecule has 1 aliphatic carbocycles. The maximum Gasteiger partial charge on any atom is 0.255 e. The van der Waals surface area contributed by atoms with Gasteiger partial charge in [0.1, 0.15) is 6.33 Å². The first kappa shape index (κ1) is 24.0. The standard InChI is InChI=1S/C29H34N6O/c1-4-35(25-9-5-7-21(2)17-25)24-12-10-22(11-13-24)23-8-6-16-34(19-23)29-32-27(18-28(36)33(29)3)26-14-15-30-20-31-26/h5,9-15,17-18,20-21,23H,4,6-8,16,19H2,1-3H3. The number of hydrogen-bond donors (Lipinski definition) is 0. The van der Waals surface area contributed by atoms with Crippen molar-refractivity contribution in [1.29, 1.82) is 0 Å². The molecule has 7 nitrogen and oxygen atoms in total. The van der Waals surface area contributed by atoms with Crippen molar-refractivity contribution in [2.75, 3.05) is 29.4 Å². The number of rotatable bonds is 6. The third-order valence-electron chi connectivity index (χ3n) is 7.22. The van der Waals surface area contributed by atoms with Crippen molar-refractivity contribution in [3.63, 3.8) is 0 Å². The summed E-state index contributed by atoms with van der Waals surface area (Å²) in [6.45, 7) is 7.11. The van der Waals surface area contributed by atoms with E-state index in [1.54, 1.807) is 29.9 Å². The Morgan fingerprint density at radius 1 is 1.14 bits per heavy atom. The second kappa shape index (κ2) is 10.5. The van der Waals surface area contributed by atoms with Gasteiger partial charge in [-0.1, -0.05) is 31.2 Å². The largest absolute Gasteiger partial charge is 0.342 e. The zero-order valence-electron chi connectivity index (χ0n) is 21.3. The third-order valence-corrected chi connectivity index (χ3v) is 7.22. The number of nitrogens with zero attached hydrogens (tertiary/aromatic N) is 6. The number of benzene rings is 1. The Morgan fingerprint density at radius 2 is 1.97 bits per heavy atom. The van der Waals surface area contributed by atoms with Crippen LogP contribution < -0.4 is 15.4 Å². The predicted molar refractivity (Wildman–Crippen MR) is 145 cm³/mol. The van der Waals surface area contributed by atoms with Crippen LogP contribution in [0.25, 0.3) is 11.4 Å². The second-order valence-corrected chi connectivity index (χ2v) is 9.76. The van der Waals surface area contributed by atoms with E-state index in [1.807, 2.05) is 0 Å². The van der Waals surface area contributed by atoms with Crippen molar-refractivity contribution in [3.8, 4) is 11.4 Å². The van der Waals surface area contributed by atoms with Gasteiger partial charge in [0.25, 0.3) is 5.56 Å². The van der Waals surface area contributed by atoms with Crippen molar-refractivity contribution < 1.29 is 0 Å². The van der Waals surface area contributed by atoms with Crippen molar-refractivity contribution in [2.45, 2.75) is 39.0 Å². The lowest BCUT2D eigenvalue weighted by Crippen LogP contribution is -2.38. The van der Waals surface area contributed by atoms with Gasteiger partial charge in [-0.05, 0) is 61.9 Å². The lowest BCUT2D eigenvalue weighted by atomic mass is 9.90. The zero-order chi connectivity index (χ0) is 25.1. The Kier molecular flexibility index (Phi) is 6.98. The molecule has 1 aromatic carbocycles. The summed E-state index contributed by atoms with van der Waals surface area (Å²) < 4.78 is 1.64. The summed E-state index contributed by atoms with van der Waals surface area (Å²) in [5.41, 5.74) is 5.00. The van der Waals surface area contributed by atoms with Gasteiger partial charge in [0, 0.05) is 56.2 Å². The van der Waals surface area contributed by atoms with Crippen LogP contribution in [0.3, 0.4) is 0 Å². The van der Waals surface area contributed by atoms with Crippen LogP contribution in [0.4, 0.5) is 11.6 Å². The van der Waals surface area contributed by atoms with Crippen LogP contribution in [0.5, 0.6) is 0 Å². The number of hydrogen-bond acceptors (Lipinski definition) is 6. The van der Waals surface area contributed by atoms with Gasteiger partial charge in [-0.3, -0.25) is 9.36 Å². The zero-order valence-corrected chi connectivity index (χ0v) is 21.3. The van der Waals surface area contributed by atoms with Crippen molar-refractivity contribution >= 4 is 11.6 Å². The normalized spacial score (nSPS) is 19.8. The van der Waals surface area contributed by atoms with Gasteiger partial charge in [0.2, 0.25) is 5.95 Å². The molecule has 0 N–H and O–H groups in total. The Labute approximate surface area is 212 Å². The van der Waals surface area contributed by atoms with Crippen LogP contribution in [-0.4, -0.2) is 39.2 Å². The summed E-state index contributed by atoms with van der Waals surface area (Å²) in [5, 5.41) is 0. The molecule has 0 saturated carbocycles. The van der Waals surface area contributed by atoms with Crippen LogP contribution in [0.15, 0.2) is 77.6 Å². The fourth-order valence-electron chi connectivity index (χ4n) is 5.25. The average molecular weight is 483 g/mol. The second-order valence-electron chi connectivity index (χ2n) is 9.76. The Balaban J connectivity index is 1.37. The first-order valence-electron chi connectivity index (χ1n) is 12.9. The molecule has 186 valence electrons. The van der Waals surface area contributed by atoms with Crippen molar-refractivity contribution in [3.05, 3.63) is 88.8 Å². The molecule has 3 heterocycles. The van der Waals surface area contributed by atoms with Crippen LogP contribution in [0, 0.1) is 5.92 Å². The van der Waals surface area contributed by atoms with Gasteiger partial charge in [-0.25, -0.2) is 15.0 Å². The fraction of sp³-hybridized carbons (Fsp3) is 0.379. The Hall–Kier alpha value is -3.74. The van der Waals surface area contributed by atoms with Crippen molar-refractivity contribution in [2.24, 2.45) is 13.0 Å². The van der Waals surface area contributed by atoms with E-state index >= 15 is 0 Å². The average Bonchev–Trinajstić information content (AvgIpc) is 2.92. The summed E-state index contributed by atoms with van der Waals surface area (Å²) in [4.78, 5) is 30.5. The number of likely N-dealkylation sites (N-methyl/N-ethyl adjacent to an activating group) is 1. The molecular weight excluding hydrogens is 448 g/mol. The summed E-state index contributed by atoms with van der Waals surface area (Å²) in [6, 6.07) is 12.4. The SMILES string of the molecule is CCN(C1=CC(C)CC=C1)c1ccc(C2CCCN(c3nc(-c4ccncn4)cc(=O)n3C)C2)cc1. The maximum absolute atomic E-state index is 12.7. The molecule has 2 atom stereocenters. The highest BCUT2D eigenvalue weighted by Gasteiger charge is 2.25. The Bertz CT molecular complexity index is 1310. The van der Waals surface area contributed by atoms with Gasteiger partial charge >= 0.3 is 0 Å². The van der Waals surface area contributed by atoms with Gasteiger partial charge in [0.05, 0.1) is 11.4 Å². The summed E-state index contributed by atoms with van der Waals surface area (Å²) >= 11 is 0. The molecule has 1 fully saturated rings. The Morgan fingerprint density at radius 3 is 2.69 bits per heavy atom. The van der Waals surface area contributed by atoms with E-state index in [0.29, 0.717) is 29.2 Å². The monoisotopic (exact) mass is 482 g/mol. The minimum Gasteiger partial charge on any atom is -0.342 e. The summed E-state index contributed by atoms with van der Waals surface area (Å²) in [6.07, 6.45) is 13.3. The van der Waals surface area contributed by atoms with E-state index in [9.17, 15) is 4.79 Å². The molecular formula is C29H34N6O. The lowest BCUT2D eigenvalue weighted by Gasteiger charge is -2.35. The molecule has 0 amide bonds. The number of piperidine rings is 1. The minimum atomic E-state index is -0.0832. The molecule has 2 aromatic heterocycles. The topological polar surface area (TPSA) is 67.2 Å². The van der Waals surface area contributed by atoms with E-state index < -0.39 is 0 Å². The smallest absolute Gasteiger partial charge is 0.255 e. The molecule has 2 aliphatic rings. The van der Waals surface area contributed by atoms with Crippen molar-refractivity contribution in [1.82, 2.24) is 19.5 Å². The first-order chi connectivity index (χ1) is 17.5. The molecule has 1 aliphatic heterocycles. The van der Waals surface area contributed by atoms with Gasteiger partial charge < -0.3 is 9.80 Å². The maximum atomic E-state index is 12.7. The highest BCUT2D eigenvalue weighted by molar-refractivity contribution is 5.57. The molecule has 0 bridgehead atoms. The molecule has 7 heteroatoms. The molecule has 3 aromatic rings. The van der Waals surface area contributed by atoms with E-state index in [4.69, 9.17) is 4.98 Å². The van der Waals surface area contributed by atoms with E-state index in [-0.39, 0.29) is 5.56 Å². The van der Waals surface area contributed by atoms with E-state index in [1.165, 1.54) is 23.3 Å². The van der Waals surface area contributed by atoms with Crippen LogP contribution in [0.1, 0.15) is 44.6 Å². The fourth-order valence-corrected chi connectivity index (χ4v) is 5.25. The van der Waals surface area contributed by atoms with Gasteiger partial charge in [-0.15, -0.1) is 0 Å². The molecule has 2 unspecified atom stereocenters. The molecule has 36 heavy (non-hydrogen) atoms. The first-order valence-corrected chi connectivity index (χ1v) is 12.9. The van der Waals surface area contributed by atoms with Gasteiger partial charge in [-0.2, -0.15) is 0 Å². The summed E-state index contributed by atoms with van der Waals surface area (Å²) in [7, 11) is 1.79. The molecule has 5 rings (SSSR count). The number of allylic oxidation sites excluding steroid dienone is 3. The molecule has 1 saturated heterocycles. The van der Waals surface area contributed by atoms with Crippen LogP contribution >= 0.6 is 0 Å². The lowest BCUT2D eigenvalue weighted by molar-refractivity contribution is 0.497. The number of aromatic nitrogens is 4. The molecule has 0 spiro atoms. The highest BCUT2D eigenvalue weighted by Crippen LogP contribution is 2.32.